The van der Waals surface area contributed by atoms with E-state index in [1.165, 1.54) is 16.9 Å². The van der Waals surface area contributed by atoms with Gasteiger partial charge in [-0.3, -0.25) is 4.79 Å². The molecule has 154 valence electrons. The van der Waals surface area contributed by atoms with Crippen molar-refractivity contribution < 1.29 is 15.0 Å². The molecule has 3 fully saturated rings. The van der Waals surface area contributed by atoms with E-state index in [0.29, 0.717) is 10.8 Å². The molecule has 3 N–H and O–H groups in total. The Labute approximate surface area is 176 Å². The summed E-state index contributed by atoms with van der Waals surface area (Å²) < 4.78 is 0. The average Bonchev–Trinajstić information content (AvgIpc) is 3.50. The van der Waals surface area contributed by atoms with Gasteiger partial charge in [-0.15, -0.1) is 11.3 Å². The van der Waals surface area contributed by atoms with E-state index in [4.69, 9.17) is 0 Å². The standard InChI is InChI=1S/C24H29NO3S/c26-19-11-13-29-21(19)24(22(27)28,18-8-4-5-9-18)20-17-10-12-23(20,25-15-17)14-16-6-2-1-3-7-16/h1-3,6-7,11,13,17-18,20,25-26H,4-5,8-10,12,14-15H2,(H,27,28). The van der Waals surface area contributed by atoms with Gasteiger partial charge in [-0.2, -0.15) is 0 Å². The van der Waals surface area contributed by atoms with Crippen molar-refractivity contribution in [2.75, 3.05) is 6.54 Å². The Kier molecular flexibility index (Phi) is 4.71. The van der Waals surface area contributed by atoms with Crippen molar-refractivity contribution in [1.82, 2.24) is 5.32 Å². The number of hydrogen-bond acceptors (Lipinski definition) is 4. The normalized spacial score (nSPS) is 31.2. The Morgan fingerprint density at radius 3 is 2.52 bits per heavy atom. The third kappa shape index (κ3) is 2.77. The fraction of sp³-hybridized carbons (Fsp3) is 0.542. The lowest BCUT2D eigenvalue weighted by molar-refractivity contribution is -0.151. The maximum Gasteiger partial charge on any atom is 0.315 e. The van der Waals surface area contributed by atoms with Crippen LogP contribution in [0.2, 0.25) is 0 Å². The van der Waals surface area contributed by atoms with Gasteiger partial charge < -0.3 is 15.5 Å². The van der Waals surface area contributed by atoms with Crippen LogP contribution in [0.4, 0.5) is 0 Å². The fourth-order valence-electron chi connectivity index (χ4n) is 6.98. The van der Waals surface area contributed by atoms with E-state index >= 15 is 0 Å². The Bertz CT molecular complexity index is 881. The van der Waals surface area contributed by atoms with Crippen molar-refractivity contribution in [3.63, 3.8) is 0 Å². The summed E-state index contributed by atoms with van der Waals surface area (Å²) in [5.74, 6) is -0.131. The van der Waals surface area contributed by atoms with Crippen LogP contribution in [0.5, 0.6) is 5.75 Å². The number of carbonyl (C=O) groups is 1. The van der Waals surface area contributed by atoms with Crippen LogP contribution in [0.15, 0.2) is 41.8 Å². The van der Waals surface area contributed by atoms with E-state index in [-0.39, 0.29) is 23.1 Å². The molecule has 5 rings (SSSR count). The van der Waals surface area contributed by atoms with Gasteiger partial charge in [0.1, 0.15) is 11.2 Å². The molecule has 1 aromatic heterocycles. The molecule has 2 heterocycles. The SMILES string of the molecule is O=C(O)C(c1sccc1O)(C1CCCC1)C1C2CCC1(Cc1ccccc1)NC2. The number of thiophene rings is 1. The Morgan fingerprint density at radius 1 is 1.17 bits per heavy atom. The van der Waals surface area contributed by atoms with Gasteiger partial charge in [0, 0.05) is 11.5 Å². The molecule has 0 spiro atoms. The zero-order valence-corrected chi connectivity index (χ0v) is 17.5. The van der Waals surface area contributed by atoms with Crippen LogP contribution in [-0.4, -0.2) is 28.3 Å². The third-order valence-electron chi connectivity index (χ3n) is 7.97. The number of carboxylic acid groups (broad SMARTS) is 1. The minimum atomic E-state index is -1.01. The van der Waals surface area contributed by atoms with Crippen LogP contribution in [0.1, 0.15) is 49.0 Å². The zero-order valence-electron chi connectivity index (χ0n) is 16.6. The molecule has 2 aromatic rings. The first kappa shape index (κ1) is 19.1. The monoisotopic (exact) mass is 411 g/mol. The van der Waals surface area contributed by atoms with Gasteiger partial charge in [0.25, 0.3) is 0 Å². The number of fused-ring (bicyclic) bond motifs is 2. The average molecular weight is 412 g/mol. The predicted molar refractivity (Wildman–Crippen MR) is 114 cm³/mol. The quantitative estimate of drug-likeness (QED) is 0.651. The molecule has 2 aliphatic carbocycles. The van der Waals surface area contributed by atoms with Crippen LogP contribution in [0.3, 0.4) is 0 Å². The molecule has 29 heavy (non-hydrogen) atoms. The lowest BCUT2D eigenvalue weighted by Gasteiger charge is -2.46. The van der Waals surface area contributed by atoms with E-state index < -0.39 is 11.4 Å². The molecule has 2 bridgehead atoms. The molecular weight excluding hydrogens is 382 g/mol. The minimum absolute atomic E-state index is 0.000330. The highest BCUT2D eigenvalue weighted by Gasteiger charge is 2.67. The predicted octanol–water partition coefficient (Wildman–Crippen LogP) is 4.58. The molecule has 1 aromatic carbocycles. The third-order valence-corrected chi connectivity index (χ3v) is 9.03. The van der Waals surface area contributed by atoms with E-state index in [2.05, 4.69) is 29.6 Å². The van der Waals surface area contributed by atoms with Gasteiger partial charge in [-0.05, 0) is 67.5 Å². The highest BCUT2D eigenvalue weighted by molar-refractivity contribution is 7.10. The Morgan fingerprint density at radius 2 is 1.93 bits per heavy atom. The summed E-state index contributed by atoms with van der Waals surface area (Å²) in [5.41, 5.74) is 0.0334. The number of carboxylic acids is 1. The van der Waals surface area contributed by atoms with Gasteiger partial charge in [0.05, 0.1) is 4.88 Å². The maximum atomic E-state index is 13.2. The van der Waals surface area contributed by atoms with Crippen LogP contribution >= 0.6 is 11.3 Å². The van der Waals surface area contributed by atoms with Crippen LogP contribution < -0.4 is 5.32 Å². The van der Waals surface area contributed by atoms with Crippen LogP contribution in [0, 0.1) is 17.8 Å². The summed E-state index contributed by atoms with van der Waals surface area (Å²) in [6.45, 7) is 0.880. The summed E-state index contributed by atoms with van der Waals surface area (Å²) >= 11 is 1.44. The van der Waals surface area contributed by atoms with Crippen LogP contribution in [0.25, 0.3) is 0 Å². The van der Waals surface area contributed by atoms with Crippen molar-refractivity contribution in [2.24, 2.45) is 17.8 Å². The molecule has 1 aliphatic heterocycles. The largest absolute Gasteiger partial charge is 0.507 e. The van der Waals surface area contributed by atoms with E-state index in [0.717, 1.165) is 51.5 Å². The molecule has 0 radical (unpaired) electrons. The minimum Gasteiger partial charge on any atom is -0.507 e. The van der Waals surface area contributed by atoms with E-state index in [1.807, 2.05) is 11.4 Å². The summed E-state index contributed by atoms with van der Waals surface area (Å²) in [7, 11) is 0. The molecule has 4 unspecified atom stereocenters. The second-order valence-corrected chi connectivity index (χ2v) is 10.2. The highest BCUT2D eigenvalue weighted by Crippen LogP contribution is 2.62. The van der Waals surface area contributed by atoms with Gasteiger partial charge >= 0.3 is 5.97 Å². The van der Waals surface area contributed by atoms with Crippen LogP contribution in [-0.2, 0) is 16.6 Å². The van der Waals surface area contributed by atoms with E-state index in [9.17, 15) is 15.0 Å². The smallest absolute Gasteiger partial charge is 0.315 e. The highest BCUT2D eigenvalue weighted by atomic mass is 32.1. The van der Waals surface area contributed by atoms with Crippen molar-refractivity contribution in [1.29, 1.82) is 0 Å². The fourth-order valence-corrected chi connectivity index (χ4v) is 8.07. The van der Waals surface area contributed by atoms with Gasteiger partial charge in [0.15, 0.2) is 0 Å². The second kappa shape index (κ2) is 7.13. The number of aromatic hydroxyl groups is 1. The Balaban J connectivity index is 1.67. The summed E-state index contributed by atoms with van der Waals surface area (Å²) in [5, 5.41) is 27.2. The molecule has 4 atom stereocenters. The van der Waals surface area contributed by atoms with Gasteiger partial charge in [-0.1, -0.05) is 43.2 Å². The molecule has 5 heteroatoms. The number of benzene rings is 1. The Hall–Kier alpha value is -1.85. The molecule has 4 nitrogen and oxygen atoms in total. The number of piperidine rings is 1. The molecular formula is C24H29NO3S. The first-order valence-corrected chi connectivity index (χ1v) is 11.8. The van der Waals surface area contributed by atoms with Crippen molar-refractivity contribution in [2.45, 2.75) is 55.9 Å². The zero-order chi connectivity index (χ0) is 20.1. The summed E-state index contributed by atoms with van der Waals surface area (Å²) in [6.07, 6.45) is 6.97. The summed E-state index contributed by atoms with van der Waals surface area (Å²) in [6, 6.07) is 12.1. The lowest BCUT2D eigenvalue weighted by atomic mass is 9.57. The molecule has 0 amide bonds. The number of rotatable bonds is 6. The van der Waals surface area contributed by atoms with Crippen molar-refractivity contribution in [3.05, 3.63) is 52.2 Å². The first-order valence-electron chi connectivity index (χ1n) is 10.9. The van der Waals surface area contributed by atoms with Crippen molar-refractivity contribution in [3.8, 4) is 5.75 Å². The summed E-state index contributed by atoms with van der Waals surface area (Å²) in [4.78, 5) is 13.9. The number of nitrogens with one attached hydrogen (secondary N) is 1. The lowest BCUT2D eigenvalue weighted by Crippen LogP contribution is -2.58. The maximum absolute atomic E-state index is 13.2. The molecule has 3 aliphatic rings. The van der Waals surface area contributed by atoms with Gasteiger partial charge in [0.2, 0.25) is 0 Å². The molecule has 1 saturated heterocycles. The number of hydrogen-bond donors (Lipinski definition) is 3. The first-order chi connectivity index (χ1) is 14.1. The molecule has 2 saturated carbocycles. The van der Waals surface area contributed by atoms with Gasteiger partial charge in [-0.25, -0.2) is 0 Å². The van der Waals surface area contributed by atoms with Crippen molar-refractivity contribution >= 4 is 17.3 Å². The number of aliphatic carboxylic acids is 1. The topological polar surface area (TPSA) is 69.6 Å². The second-order valence-electron chi connectivity index (χ2n) is 9.27. The van der Waals surface area contributed by atoms with E-state index in [1.54, 1.807) is 6.07 Å².